The van der Waals surface area contributed by atoms with Gasteiger partial charge in [0.1, 0.15) is 22.9 Å². The van der Waals surface area contributed by atoms with E-state index in [-0.39, 0.29) is 5.91 Å². The molecule has 8 heteroatoms. The molecule has 1 fully saturated rings. The molecule has 0 unspecified atom stereocenters. The molecular weight excluding hydrogens is 444 g/mol. The number of pyridine rings is 1. The maximum Gasteiger partial charge on any atom is 0.270 e. The first-order chi connectivity index (χ1) is 16.7. The van der Waals surface area contributed by atoms with Crippen molar-refractivity contribution in [1.29, 1.82) is 0 Å². The number of hydrogen-bond donors (Lipinski definition) is 0. The number of thiophene rings is 1. The lowest BCUT2D eigenvalue weighted by Gasteiger charge is -2.35. The first-order valence-electron chi connectivity index (χ1n) is 11.3. The molecule has 1 amide bonds. The van der Waals surface area contributed by atoms with Crippen LogP contribution >= 0.6 is 11.3 Å². The fourth-order valence-electron chi connectivity index (χ4n) is 4.62. The normalized spacial score (nSPS) is 14.1. The van der Waals surface area contributed by atoms with E-state index in [9.17, 15) is 4.79 Å². The molecule has 7 nitrogen and oxygen atoms in total. The van der Waals surface area contributed by atoms with Crippen LogP contribution in [0.2, 0.25) is 0 Å². The summed E-state index contributed by atoms with van der Waals surface area (Å²) in [6.07, 6.45) is 1.81. The number of carbonyl (C=O) groups excluding carboxylic acids is 1. The van der Waals surface area contributed by atoms with Gasteiger partial charge in [0.2, 0.25) is 0 Å². The zero-order valence-electron chi connectivity index (χ0n) is 18.8. The summed E-state index contributed by atoms with van der Waals surface area (Å²) < 4.78 is 3.93. The molecule has 1 saturated heterocycles. The third kappa shape index (κ3) is 3.47. The first-order valence-corrected chi connectivity index (χ1v) is 12.2. The van der Waals surface area contributed by atoms with Gasteiger partial charge in [-0.05, 0) is 41.8 Å². The van der Waals surface area contributed by atoms with Crippen molar-refractivity contribution in [1.82, 2.24) is 24.2 Å². The topological polar surface area (TPSA) is 59.2 Å². The molecule has 1 aliphatic heterocycles. The zero-order chi connectivity index (χ0) is 23.1. The van der Waals surface area contributed by atoms with Gasteiger partial charge in [0.15, 0.2) is 0 Å². The van der Waals surface area contributed by atoms with Crippen molar-refractivity contribution in [3.05, 3.63) is 84.0 Å². The smallest absolute Gasteiger partial charge is 0.270 e. The van der Waals surface area contributed by atoms with Crippen LogP contribution in [0.3, 0.4) is 0 Å². The van der Waals surface area contributed by atoms with Crippen LogP contribution in [-0.4, -0.2) is 56.3 Å². The van der Waals surface area contributed by atoms with Gasteiger partial charge in [-0.1, -0.05) is 30.3 Å². The maximum atomic E-state index is 13.6. The van der Waals surface area contributed by atoms with Gasteiger partial charge >= 0.3 is 0 Å². The predicted molar refractivity (Wildman–Crippen MR) is 136 cm³/mol. The van der Waals surface area contributed by atoms with E-state index >= 15 is 0 Å². The number of aromatic nitrogens is 4. The van der Waals surface area contributed by atoms with Crippen molar-refractivity contribution in [2.45, 2.75) is 0 Å². The molecule has 0 saturated carbocycles. The first kappa shape index (κ1) is 20.7. The molecule has 0 radical (unpaired) electrons. The van der Waals surface area contributed by atoms with E-state index in [4.69, 9.17) is 5.10 Å². The second kappa shape index (κ2) is 8.46. The number of aryl methyl sites for hydroxylation is 1. The molecular formula is C26H24N6OS. The minimum atomic E-state index is 0.0520. The molecule has 0 spiro atoms. The summed E-state index contributed by atoms with van der Waals surface area (Å²) in [6, 6.07) is 22.1. The van der Waals surface area contributed by atoms with E-state index in [1.807, 2.05) is 88.1 Å². The largest absolute Gasteiger partial charge is 0.353 e. The standard InChI is InChI=1S/C26H24N6OS/c1-29-21(26(33)31-15-13-30(14-16-31)23-11-5-6-12-27-23)18-20-24(22-10-7-17-34-22)28-32(25(20)29)19-8-3-2-4-9-19/h2-12,17-18H,13-16H2,1H3. The summed E-state index contributed by atoms with van der Waals surface area (Å²) in [4.78, 5) is 23.3. The van der Waals surface area contributed by atoms with E-state index in [1.54, 1.807) is 11.3 Å². The van der Waals surface area contributed by atoms with Crippen LogP contribution in [0.5, 0.6) is 0 Å². The Morgan fingerprint density at radius 1 is 0.941 bits per heavy atom. The second-order valence-corrected chi connectivity index (χ2v) is 9.31. The summed E-state index contributed by atoms with van der Waals surface area (Å²) in [5.41, 5.74) is 3.48. The van der Waals surface area contributed by atoms with Crippen LogP contribution in [0.25, 0.3) is 27.3 Å². The minimum absolute atomic E-state index is 0.0520. The molecule has 1 aromatic carbocycles. The van der Waals surface area contributed by atoms with Gasteiger partial charge in [-0.15, -0.1) is 11.3 Å². The van der Waals surface area contributed by atoms with E-state index in [2.05, 4.69) is 21.3 Å². The number of nitrogens with zero attached hydrogens (tertiary/aromatic N) is 6. The van der Waals surface area contributed by atoms with Gasteiger partial charge in [-0.25, -0.2) is 9.67 Å². The number of rotatable bonds is 4. The number of benzene rings is 1. The van der Waals surface area contributed by atoms with Gasteiger partial charge in [0, 0.05) is 44.8 Å². The Morgan fingerprint density at radius 2 is 1.74 bits per heavy atom. The minimum Gasteiger partial charge on any atom is -0.353 e. The molecule has 0 aliphatic carbocycles. The molecule has 5 heterocycles. The molecule has 34 heavy (non-hydrogen) atoms. The van der Waals surface area contributed by atoms with Crippen LogP contribution in [0.15, 0.2) is 78.3 Å². The van der Waals surface area contributed by atoms with E-state index in [0.717, 1.165) is 46.2 Å². The van der Waals surface area contributed by atoms with Crippen LogP contribution in [0.1, 0.15) is 10.5 Å². The predicted octanol–water partition coefficient (Wildman–Crippen LogP) is 4.45. The lowest BCUT2D eigenvalue weighted by Crippen LogP contribution is -2.49. The van der Waals surface area contributed by atoms with Crippen molar-refractivity contribution in [2.75, 3.05) is 31.1 Å². The van der Waals surface area contributed by atoms with E-state index in [0.29, 0.717) is 18.8 Å². The fraction of sp³-hybridized carbons (Fsp3) is 0.192. The third-order valence-corrected chi connectivity index (χ3v) is 7.25. The molecule has 4 aromatic heterocycles. The van der Waals surface area contributed by atoms with Crippen LogP contribution < -0.4 is 4.90 Å². The van der Waals surface area contributed by atoms with Crippen molar-refractivity contribution in [3.8, 4) is 16.3 Å². The number of carbonyl (C=O) groups is 1. The van der Waals surface area contributed by atoms with Crippen molar-refractivity contribution < 1.29 is 4.79 Å². The van der Waals surface area contributed by atoms with E-state index < -0.39 is 0 Å². The summed E-state index contributed by atoms with van der Waals surface area (Å²) in [6.45, 7) is 2.87. The van der Waals surface area contributed by atoms with E-state index in [1.165, 1.54) is 0 Å². The number of fused-ring (bicyclic) bond motifs is 1. The lowest BCUT2D eigenvalue weighted by molar-refractivity contribution is 0.0737. The van der Waals surface area contributed by atoms with Crippen LogP contribution in [0, 0.1) is 0 Å². The number of hydrogen-bond acceptors (Lipinski definition) is 5. The Bertz CT molecular complexity index is 1430. The Labute approximate surface area is 201 Å². The Kier molecular flexibility index (Phi) is 5.15. The highest BCUT2D eigenvalue weighted by Crippen LogP contribution is 2.34. The lowest BCUT2D eigenvalue weighted by atomic mass is 10.2. The van der Waals surface area contributed by atoms with Gasteiger partial charge in [0.25, 0.3) is 5.91 Å². The summed E-state index contributed by atoms with van der Waals surface area (Å²) in [7, 11) is 1.96. The Hall–Kier alpha value is -3.91. The molecule has 0 bridgehead atoms. The summed E-state index contributed by atoms with van der Waals surface area (Å²) in [5, 5.41) is 7.99. The monoisotopic (exact) mass is 468 g/mol. The highest BCUT2D eigenvalue weighted by molar-refractivity contribution is 7.13. The van der Waals surface area contributed by atoms with Crippen molar-refractivity contribution in [2.24, 2.45) is 7.05 Å². The fourth-order valence-corrected chi connectivity index (χ4v) is 5.34. The highest BCUT2D eigenvalue weighted by atomic mass is 32.1. The number of piperazine rings is 1. The molecule has 0 atom stereocenters. The van der Waals surface area contributed by atoms with Gasteiger partial charge in [-0.3, -0.25) is 4.79 Å². The molecule has 6 rings (SSSR count). The molecule has 170 valence electrons. The van der Waals surface area contributed by atoms with Gasteiger partial charge in [0.05, 0.1) is 10.6 Å². The quantitative estimate of drug-likeness (QED) is 0.391. The van der Waals surface area contributed by atoms with Crippen molar-refractivity contribution >= 4 is 34.1 Å². The van der Waals surface area contributed by atoms with Gasteiger partial charge in [-0.2, -0.15) is 5.10 Å². The molecule has 1 aliphatic rings. The second-order valence-electron chi connectivity index (χ2n) is 8.37. The Balaban J connectivity index is 1.35. The summed E-state index contributed by atoms with van der Waals surface area (Å²) >= 11 is 1.66. The highest BCUT2D eigenvalue weighted by Gasteiger charge is 2.28. The van der Waals surface area contributed by atoms with Crippen LogP contribution in [-0.2, 0) is 7.05 Å². The molecule has 5 aromatic rings. The summed E-state index contributed by atoms with van der Waals surface area (Å²) in [5.74, 6) is 1.01. The molecule has 0 N–H and O–H groups in total. The maximum absolute atomic E-state index is 13.6. The average Bonchev–Trinajstić information content (AvgIpc) is 3.62. The SMILES string of the molecule is Cn1c(C(=O)N2CCN(c3ccccn3)CC2)cc2c(-c3cccs3)nn(-c3ccccc3)c21. The average molecular weight is 469 g/mol. The van der Waals surface area contributed by atoms with Crippen LogP contribution in [0.4, 0.5) is 5.82 Å². The number of amides is 1. The van der Waals surface area contributed by atoms with Crippen molar-refractivity contribution in [3.63, 3.8) is 0 Å². The van der Waals surface area contributed by atoms with Gasteiger partial charge < -0.3 is 14.4 Å². The number of para-hydroxylation sites is 1. The third-order valence-electron chi connectivity index (χ3n) is 6.37. The zero-order valence-corrected chi connectivity index (χ0v) is 19.7. The Morgan fingerprint density at radius 3 is 2.44 bits per heavy atom. The number of anilines is 1.